The number of benzene rings is 2. The number of nitrogens with zero attached hydrogens (tertiary/aromatic N) is 2. The Hall–Kier alpha value is -2.60. The normalized spacial score (nSPS) is 15.1. The zero-order chi connectivity index (χ0) is 20.1. The molecule has 1 aliphatic rings. The van der Waals surface area contributed by atoms with Gasteiger partial charge in [0.25, 0.3) is 5.91 Å². The van der Waals surface area contributed by atoms with Crippen LogP contribution in [0, 0.1) is 0 Å². The molecule has 28 heavy (non-hydrogen) atoms. The van der Waals surface area contributed by atoms with Crippen molar-refractivity contribution in [1.82, 2.24) is 0 Å². The number of methoxy groups -OCH3 is 1. The highest BCUT2D eigenvalue weighted by molar-refractivity contribution is 9.10. The third kappa shape index (κ3) is 4.28. The molecule has 1 amide bonds. The maximum absolute atomic E-state index is 12.9. The summed E-state index contributed by atoms with van der Waals surface area (Å²) in [5, 5.41) is 5.84. The molecule has 0 N–H and O–H groups in total. The molecule has 3 rings (SSSR count). The summed E-state index contributed by atoms with van der Waals surface area (Å²) in [4.78, 5) is 12.9. The monoisotopic (exact) mass is 442 g/mol. The molecule has 0 unspecified atom stereocenters. The summed E-state index contributed by atoms with van der Waals surface area (Å²) in [7, 11) is 1.61. The van der Waals surface area contributed by atoms with E-state index < -0.39 is 0 Å². The first kappa shape index (κ1) is 20.1. The molecule has 1 aliphatic heterocycles. The van der Waals surface area contributed by atoms with E-state index in [4.69, 9.17) is 9.47 Å². The van der Waals surface area contributed by atoms with Gasteiger partial charge in [-0.25, -0.2) is 0 Å². The molecule has 2 aromatic carbocycles. The summed E-state index contributed by atoms with van der Waals surface area (Å²) in [6.07, 6.45) is 3.86. The van der Waals surface area contributed by atoms with Gasteiger partial charge in [-0.05, 0) is 65.2 Å². The number of hydrazone groups is 1. The van der Waals surface area contributed by atoms with E-state index in [-0.39, 0.29) is 5.91 Å². The Balaban J connectivity index is 1.90. The SMILES string of the molecule is CCCCOc1c(Br)cc(C=C2C(=O)N(c3ccccc3)N=C2C)cc1OC. The topological polar surface area (TPSA) is 51.1 Å². The van der Waals surface area contributed by atoms with Crippen LogP contribution in [-0.2, 0) is 4.79 Å². The summed E-state index contributed by atoms with van der Waals surface area (Å²) in [5.41, 5.74) is 2.80. The molecule has 2 aromatic rings. The van der Waals surface area contributed by atoms with Crippen molar-refractivity contribution < 1.29 is 14.3 Å². The molecule has 0 bridgehead atoms. The fraction of sp³-hybridized carbons (Fsp3) is 0.273. The van der Waals surface area contributed by atoms with Crippen molar-refractivity contribution in [3.05, 3.63) is 58.1 Å². The second-order valence-electron chi connectivity index (χ2n) is 6.43. The number of ether oxygens (including phenoxy) is 2. The van der Waals surface area contributed by atoms with Gasteiger partial charge in [0.1, 0.15) is 0 Å². The molecule has 0 saturated heterocycles. The molecule has 5 nitrogen and oxygen atoms in total. The Morgan fingerprint density at radius 3 is 2.64 bits per heavy atom. The first-order valence-corrected chi connectivity index (χ1v) is 10.0. The van der Waals surface area contributed by atoms with Gasteiger partial charge in [-0.2, -0.15) is 10.1 Å². The lowest BCUT2D eigenvalue weighted by Gasteiger charge is -2.14. The number of para-hydroxylation sites is 1. The van der Waals surface area contributed by atoms with E-state index in [9.17, 15) is 4.79 Å². The minimum absolute atomic E-state index is 0.151. The number of hydrogen-bond acceptors (Lipinski definition) is 4. The molecule has 0 aliphatic carbocycles. The third-order valence-electron chi connectivity index (χ3n) is 4.37. The minimum Gasteiger partial charge on any atom is -0.493 e. The van der Waals surface area contributed by atoms with Crippen LogP contribution in [-0.4, -0.2) is 25.3 Å². The van der Waals surface area contributed by atoms with Crippen LogP contribution in [0.25, 0.3) is 6.08 Å². The average Bonchev–Trinajstić information content (AvgIpc) is 2.98. The zero-order valence-corrected chi connectivity index (χ0v) is 17.8. The number of unbranched alkanes of at least 4 members (excludes halogenated alkanes) is 1. The van der Waals surface area contributed by atoms with Crippen LogP contribution >= 0.6 is 15.9 Å². The van der Waals surface area contributed by atoms with Crippen LogP contribution in [0.15, 0.2) is 57.6 Å². The van der Waals surface area contributed by atoms with Gasteiger partial charge >= 0.3 is 0 Å². The third-order valence-corrected chi connectivity index (χ3v) is 4.96. The predicted octanol–water partition coefficient (Wildman–Crippen LogP) is 5.44. The van der Waals surface area contributed by atoms with E-state index in [0.717, 1.165) is 28.6 Å². The van der Waals surface area contributed by atoms with E-state index in [1.165, 1.54) is 5.01 Å². The van der Waals surface area contributed by atoms with E-state index >= 15 is 0 Å². The Kier molecular flexibility index (Phi) is 6.52. The van der Waals surface area contributed by atoms with Gasteiger partial charge in [-0.3, -0.25) is 4.79 Å². The lowest BCUT2D eigenvalue weighted by molar-refractivity contribution is -0.114. The zero-order valence-electron chi connectivity index (χ0n) is 16.2. The van der Waals surface area contributed by atoms with Crippen LogP contribution < -0.4 is 14.5 Å². The number of carbonyl (C=O) groups excluding carboxylic acids is 1. The smallest absolute Gasteiger partial charge is 0.280 e. The maximum Gasteiger partial charge on any atom is 0.280 e. The van der Waals surface area contributed by atoms with Crippen molar-refractivity contribution in [3.63, 3.8) is 0 Å². The Bertz CT molecular complexity index is 923. The van der Waals surface area contributed by atoms with E-state index in [2.05, 4.69) is 28.0 Å². The fourth-order valence-corrected chi connectivity index (χ4v) is 3.45. The van der Waals surface area contributed by atoms with Gasteiger partial charge in [0.2, 0.25) is 0 Å². The lowest BCUT2D eigenvalue weighted by Crippen LogP contribution is -2.21. The second-order valence-corrected chi connectivity index (χ2v) is 7.29. The first-order chi connectivity index (χ1) is 13.5. The van der Waals surface area contributed by atoms with E-state index in [0.29, 0.717) is 29.4 Å². The summed E-state index contributed by atoms with van der Waals surface area (Å²) >= 11 is 3.56. The molecule has 6 heteroatoms. The second kappa shape index (κ2) is 9.06. The van der Waals surface area contributed by atoms with E-state index in [1.54, 1.807) is 7.11 Å². The molecule has 0 atom stereocenters. The van der Waals surface area contributed by atoms with Gasteiger partial charge < -0.3 is 9.47 Å². The lowest BCUT2D eigenvalue weighted by atomic mass is 10.1. The number of hydrogen-bond donors (Lipinski definition) is 0. The Morgan fingerprint density at radius 1 is 1.21 bits per heavy atom. The molecule has 146 valence electrons. The highest BCUT2D eigenvalue weighted by Gasteiger charge is 2.28. The van der Waals surface area contributed by atoms with Crippen LogP contribution in [0.2, 0.25) is 0 Å². The average molecular weight is 443 g/mol. The molecular weight excluding hydrogens is 420 g/mol. The highest BCUT2D eigenvalue weighted by atomic mass is 79.9. The van der Waals surface area contributed by atoms with Crippen molar-refractivity contribution in [2.45, 2.75) is 26.7 Å². The van der Waals surface area contributed by atoms with Crippen molar-refractivity contribution in [1.29, 1.82) is 0 Å². The standard InChI is InChI=1S/C22H23BrN2O3/c1-4-5-11-28-21-19(23)13-16(14-20(21)27-3)12-18-15(2)24-25(22(18)26)17-9-7-6-8-10-17/h6-10,12-14H,4-5,11H2,1-3H3. The van der Waals surface area contributed by atoms with Crippen LogP contribution in [0.1, 0.15) is 32.3 Å². The number of rotatable bonds is 7. The number of amides is 1. The largest absolute Gasteiger partial charge is 0.493 e. The number of anilines is 1. The van der Waals surface area contributed by atoms with Crippen LogP contribution in [0.5, 0.6) is 11.5 Å². The van der Waals surface area contributed by atoms with Gasteiger partial charge in [0.05, 0.1) is 35.2 Å². The summed E-state index contributed by atoms with van der Waals surface area (Å²) in [5.74, 6) is 1.14. The van der Waals surface area contributed by atoms with Gasteiger partial charge in [0, 0.05) is 0 Å². The first-order valence-electron chi connectivity index (χ1n) is 9.22. The highest BCUT2D eigenvalue weighted by Crippen LogP contribution is 2.38. The summed E-state index contributed by atoms with van der Waals surface area (Å²) < 4.78 is 12.1. The Morgan fingerprint density at radius 2 is 1.96 bits per heavy atom. The van der Waals surface area contributed by atoms with Crippen molar-refractivity contribution in [2.75, 3.05) is 18.7 Å². The van der Waals surface area contributed by atoms with Crippen LogP contribution in [0.4, 0.5) is 5.69 Å². The minimum atomic E-state index is -0.151. The number of halogens is 1. The molecule has 0 radical (unpaired) electrons. The van der Waals surface area contributed by atoms with Gasteiger partial charge in [-0.1, -0.05) is 31.5 Å². The molecular formula is C22H23BrN2O3. The number of carbonyl (C=O) groups is 1. The summed E-state index contributed by atoms with van der Waals surface area (Å²) in [6.45, 7) is 4.58. The van der Waals surface area contributed by atoms with Gasteiger partial charge in [0.15, 0.2) is 11.5 Å². The quantitative estimate of drug-likeness (QED) is 0.423. The Labute approximate surface area is 173 Å². The van der Waals surface area contributed by atoms with Crippen molar-refractivity contribution >= 4 is 39.3 Å². The van der Waals surface area contributed by atoms with Crippen LogP contribution in [0.3, 0.4) is 0 Å². The predicted molar refractivity (Wildman–Crippen MR) is 116 cm³/mol. The molecule has 0 fully saturated rings. The molecule has 0 saturated carbocycles. The molecule has 0 aromatic heterocycles. The fourth-order valence-electron chi connectivity index (χ4n) is 2.88. The summed E-state index contributed by atoms with van der Waals surface area (Å²) in [6, 6.07) is 13.2. The van der Waals surface area contributed by atoms with Gasteiger partial charge in [-0.15, -0.1) is 0 Å². The molecule has 1 heterocycles. The van der Waals surface area contributed by atoms with Crippen molar-refractivity contribution in [3.8, 4) is 11.5 Å². The van der Waals surface area contributed by atoms with Crippen molar-refractivity contribution in [2.24, 2.45) is 5.10 Å². The van der Waals surface area contributed by atoms with E-state index in [1.807, 2.05) is 55.5 Å². The molecule has 0 spiro atoms. The maximum atomic E-state index is 12.9.